The molecule has 0 amide bonds. The second kappa shape index (κ2) is 2.91. The van der Waals surface area contributed by atoms with Crippen molar-refractivity contribution >= 4 is 9.84 Å². The summed E-state index contributed by atoms with van der Waals surface area (Å²) in [6.45, 7) is 0.0949. The van der Waals surface area contributed by atoms with Crippen LogP contribution in [0.3, 0.4) is 0 Å². The van der Waals surface area contributed by atoms with E-state index in [9.17, 15) is 13.5 Å². The maximum atomic E-state index is 11.8. The summed E-state index contributed by atoms with van der Waals surface area (Å²) in [5.41, 5.74) is 0.532. The Labute approximate surface area is 91.8 Å². The summed E-state index contributed by atoms with van der Waals surface area (Å²) in [5, 5.41) is 10.2. The number of sulfone groups is 1. The minimum atomic E-state index is -3.56. The number of hydrogen-bond acceptors (Lipinski definition) is 5. The Balaban J connectivity index is 2.27. The van der Waals surface area contributed by atoms with Gasteiger partial charge in [-0.05, 0) is 11.6 Å². The molecule has 1 N–H and O–H groups in total. The molecule has 6 heteroatoms. The van der Waals surface area contributed by atoms with Crippen LogP contribution in [-0.4, -0.2) is 20.3 Å². The number of ether oxygens (including phenoxy) is 2. The minimum Gasteiger partial charge on any atom is -0.511 e. The van der Waals surface area contributed by atoms with Crippen LogP contribution in [-0.2, 0) is 16.3 Å². The van der Waals surface area contributed by atoms with Gasteiger partial charge in [0, 0.05) is 12.5 Å². The molecule has 2 aliphatic heterocycles. The van der Waals surface area contributed by atoms with Gasteiger partial charge >= 0.3 is 0 Å². The molecule has 1 aromatic rings. The highest BCUT2D eigenvalue weighted by Gasteiger charge is 2.27. The summed E-state index contributed by atoms with van der Waals surface area (Å²) in [6.07, 6.45) is 0.200. The zero-order valence-corrected chi connectivity index (χ0v) is 8.95. The molecule has 0 aromatic heterocycles. The molecule has 0 saturated carbocycles. The SMILES string of the molecule is O=S1(=O)C=C(O)Cc2cc3c(cc21)OCO3. The van der Waals surface area contributed by atoms with Crippen LogP contribution < -0.4 is 9.47 Å². The van der Waals surface area contributed by atoms with Gasteiger partial charge in [-0.15, -0.1) is 0 Å². The fourth-order valence-electron chi connectivity index (χ4n) is 1.85. The smallest absolute Gasteiger partial charge is 0.231 e. The molecule has 0 bridgehead atoms. The maximum absolute atomic E-state index is 11.8. The highest BCUT2D eigenvalue weighted by Crippen LogP contribution is 2.39. The van der Waals surface area contributed by atoms with Gasteiger partial charge in [-0.1, -0.05) is 0 Å². The van der Waals surface area contributed by atoms with E-state index in [1.807, 2.05) is 0 Å². The van der Waals surface area contributed by atoms with Crippen LogP contribution in [0.2, 0.25) is 0 Å². The van der Waals surface area contributed by atoms with Crippen LogP contribution in [0.15, 0.2) is 28.2 Å². The lowest BCUT2D eigenvalue weighted by atomic mass is 10.1. The van der Waals surface area contributed by atoms with Crippen molar-refractivity contribution in [1.29, 1.82) is 0 Å². The monoisotopic (exact) mass is 240 g/mol. The standard InChI is InChI=1S/C10H8O5S/c11-7-1-6-2-8-9(15-5-14-8)3-10(6)16(12,13)4-7/h2-4,11H,1,5H2. The van der Waals surface area contributed by atoms with E-state index < -0.39 is 9.84 Å². The van der Waals surface area contributed by atoms with Crippen LogP contribution in [0.1, 0.15) is 5.56 Å². The Hall–Kier alpha value is -1.69. The van der Waals surface area contributed by atoms with Crippen molar-refractivity contribution in [3.05, 3.63) is 28.9 Å². The van der Waals surface area contributed by atoms with Crippen molar-refractivity contribution in [2.75, 3.05) is 6.79 Å². The molecule has 84 valence electrons. The lowest BCUT2D eigenvalue weighted by molar-refractivity contribution is 0.174. The van der Waals surface area contributed by atoms with Crippen LogP contribution in [0.5, 0.6) is 11.5 Å². The van der Waals surface area contributed by atoms with Gasteiger partial charge in [0.25, 0.3) is 0 Å². The summed E-state index contributed by atoms with van der Waals surface area (Å²) in [4.78, 5) is 0.176. The van der Waals surface area contributed by atoms with E-state index in [0.29, 0.717) is 17.1 Å². The van der Waals surface area contributed by atoms with Crippen molar-refractivity contribution < 1.29 is 23.0 Å². The van der Waals surface area contributed by atoms with Gasteiger partial charge in [0.1, 0.15) is 5.76 Å². The molecule has 5 nitrogen and oxygen atoms in total. The lowest BCUT2D eigenvalue weighted by Crippen LogP contribution is -2.09. The molecule has 0 atom stereocenters. The van der Waals surface area contributed by atoms with Gasteiger partial charge < -0.3 is 14.6 Å². The molecule has 2 heterocycles. The molecule has 0 spiro atoms. The summed E-state index contributed by atoms with van der Waals surface area (Å²) in [6, 6.07) is 3.04. The molecule has 0 saturated heterocycles. The normalized spacial score (nSPS) is 20.1. The molecule has 1 aromatic carbocycles. The second-order valence-electron chi connectivity index (χ2n) is 3.64. The molecule has 0 aliphatic carbocycles. The highest BCUT2D eigenvalue weighted by atomic mass is 32.2. The molecule has 2 aliphatic rings. The number of aliphatic hydroxyl groups is 1. The third-order valence-electron chi connectivity index (χ3n) is 2.52. The average molecular weight is 240 g/mol. The van der Waals surface area contributed by atoms with E-state index in [-0.39, 0.29) is 23.9 Å². The van der Waals surface area contributed by atoms with Gasteiger partial charge in [0.15, 0.2) is 11.5 Å². The Morgan fingerprint density at radius 1 is 1.19 bits per heavy atom. The van der Waals surface area contributed by atoms with Crippen LogP contribution in [0.4, 0.5) is 0 Å². The molecule has 16 heavy (non-hydrogen) atoms. The van der Waals surface area contributed by atoms with Crippen molar-refractivity contribution in [3.63, 3.8) is 0 Å². The Kier molecular flexibility index (Phi) is 1.74. The van der Waals surface area contributed by atoms with Gasteiger partial charge in [0.05, 0.1) is 10.3 Å². The van der Waals surface area contributed by atoms with Gasteiger partial charge in [-0.2, -0.15) is 0 Å². The third-order valence-corrected chi connectivity index (χ3v) is 4.10. The zero-order chi connectivity index (χ0) is 11.3. The largest absolute Gasteiger partial charge is 0.511 e. The number of rotatable bonds is 0. The van der Waals surface area contributed by atoms with Gasteiger partial charge in [-0.3, -0.25) is 0 Å². The van der Waals surface area contributed by atoms with E-state index in [0.717, 1.165) is 5.41 Å². The minimum absolute atomic E-state index is 0.0949. The van der Waals surface area contributed by atoms with Crippen molar-refractivity contribution in [1.82, 2.24) is 0 Å². The lowest BCUT2D eigenvalue weighted by Gasteiger charge is -2.14. The quantitative estimate of drug-likeness (QED) is 0.736. The van der Waals surface area contributed by atoms with E-state index in [2.05, 4.69) is 0 Å². The van der Waals surface area contributed by atoms with Crippen molar-refractivity contribution in [2.45, 2.75) is 11.3 Å². The number of fused-ring (bicyclic) bond motifs is 2. The molecule has 0 fully saturated rings. The van der Waals surface area contributed by atoms with E-state index in [1.54, 1.807) is 6.07 Å². The number of aliphatic hydroxyl groups excluding tert-OH is 1. The first kappa shape index (κ1) is 9.53. The van der Waals surface area contributed by atoms with Crippen LogP contribution >= 0.6 is 0 Å². The van der Waals surface area contributed by atoms with E-state index >= 15 is 0 Å². The van der Waals surface area contributed by atoms with Gasteiger partial charge in [-0.25, -0.2) is 8.42 Å². The first-order valence-corrected chi connectivity index (χ1v) is 6.18. The second-order valence-corrected chi connectivity index (χ2v) is 5.41. The summed E-state index contributed by atoms with van der Waals surface area (Å²) >= 11 is 0. The Morgan fingerprint density at radius 3 is 2.62 bits per heavy atom. The van der Waals surface area contributed by atoms with Crippen molar-refractivity contribution in [3.8, 4) is 11.5 Å². The van der Waals surface area contributed by atoms with Crippen LogP contribution in [0, 0.1) is 0 Å². The zero-order valence-electron chi connectivity index (χ0n) is 8.13. The molecule has 3 rings (SSSR count). The fourth-order valence-corrected chi connectivity index (χ4v) is 3.18. The summed E-state index contributed by atoms with van der Waals surface area (Å²) < 4.78 is 33.8. The molecular weight excluding hydrogens is 232 g/mol. The summed E-state index contributed by atoms with van der Waals surface area (Å²) in [7, 11) is -3.56. The van der Waals surface area contributed by atoms with Gasteiger partial charge in [0.2, 0.25) is 16.6 Å². The Bertz CT molecular complexity index is 600. The first-order chi connectivity index (χ1) is 7.56. The van der Waals surface area contributed by atoms with Crippen LogP contribution in [0.25, 0.3) is 0 Å². The predicted molar refractivity (Wildman–Crippen MR) is 54.2 cm³/mol. The topological polar surface area (TPSA) is 72.8 Å². The maximum Gasteiger partial charge on any atom is 0.231 e. The number of hydrogen-bond donors (Lipinski definition) is 1. The third kappa shape index (κ3) is 1.26. The molecule has 0 unspecified atom stereocenters. The highest BCUT2D eigenvalue weighted by molar-refractivity contribution is 7.94. The predicted octanol–water partition coefficient (Wildman–Crippen LogP) is 1.14. The first-order valence-electron chi connectivity index (χ1n) is 4.63. The molecular formula is C10H8O5S. The molecule has 0 radical (unpaired) electrons. The summed E-state index contributed by atoms with van der Waals surface area (Å²) in [5.74, 6) is 0.784. The van der Waals surface area contributed by atoms with E-state index in [4.69, 9.17) is 9.47 Å². The number of allylic oxidation sites excluding steroid dienone is 1. The fraction of sp³-hybridized carbons (Fsp3) is 0.200. The number of benzene rings is 1. The van der Waals surface area contributed by atoms with Crippen molar-refractivity contribution in [2.24, 2.45) is 0 Å². The van der Waals surface area contributed by atoms with E-state index in [1.165, 1.54) is 6.07 Å². The Morgan fingerprint density at radius 2 is 1.88 bits per heavy atom. The average Bonchev–Trinajstić information content (AvgIpc) is 2.60.